The normalized spacial score (nSPS) is 10.7. The van der Waals surface area contributed by atoms with Gasteiger partial charge in [0.1, 0.15) is 0 Å². The van der Waals surface area contributed by atoms with E-state index in [1.807, 2.05) is 11.8 Å². The number of amides is 1. The van der Waals surface area contributed by atoms with Gasteiger partial charge in [-0.3, -0.25) is 4.79 Å². The minimum atomic E-state index is 0.0319. The maximum Gasteiger partial charge on any atom is 0.221 e. The Labute approximate surface area is 114 Å². The molecule has 100 valence electrons. The monoisotopic (exact) mass is 266 g/mol. The third kappa shape index (κ3) is 6.07. The van der Waals surface area contributed by atoms with Crippen molar-refractivity contribution in [2.45, 2.75) is 36.8 Å². The number of thioether (sulfide) groups is 1. The summed E-state index contributed by atoms with van der Waals surface area (Å²) in [5.74, 6) is 0.0319. The van der Waals surface area contributed by atoms with E-state index >= 15 is 0 Å². The van der Waals surface area contributed by atoms with Gasteiger partial charge in [-0.1, -0.05) is 26.0 Å². The molecule has 1 amide bonds. The third-order valence-corrected chi connectivity index (χ3v) is 3.42. The quantitative estimate of drug-likeness (QED) is 0.744. The van der Waals surface area contributed by atoms with Crippen LogP contribution in [0.1, 0.15) is 25.8 Å². The summed E-state index contributed by atoms with van der Waals surface area (Å²) in [5.41, 5.74) is 6.55. The average molecular weight is 266 g/mol. The molecule has 4 heteroatoms. The Bertz CT molecular complexity index is 363. The smallest absolute Gasteiger partial charge is 0.221 e. The molecule has 1 aromatic rings. The van der Waals surface area contributed by atoms with Crippen molar-refractivity contribution in [3.05, 3.63) is 29.8 Å². The SMILES string of the molecule is CC(C)Sc1ccc(CCNC(=O)CCN)cc1. The summed E-state index contributed by atoms with van der Waals surface area (Å²) in [6.07, 6.45) is 1.27. The lowest BCUT2D eigenvalue weighted by Crippen LogP contribution is -2.27. The number of nitrogens with one attached hydrogen (secondary N) is 1. The van der Waals surface area contributed by atoms with Crippen LogP contribution >= 0.6 is 11.8 Å². The number of hydrogen-bond donors (Lipinski definition) is 2. The first kappa shape index (κ1) is 15.1. The molecular formula is C14H22N2OS. The fourth-order valence-electron chi connectivity index (χ4n) is 1.57. The van der Waals surface area contributed by atoms with Crippen molar-refractivity contribution in [3.63, 3.8) is 0 Å². The average Bonchev–Trinajstić information content (AvgIpc) is 2.31. The molecule has 0 saturated heterocycles. The van der Waals surface area contributed by atoms with E-state index in [4.69, 9.17) is 5.73 Å². The van der Waals surface area contributed by atoms with Crippen molar-refractivity contribution in [2.75, 3.05) is 13.1 Å². The van der Waals surface area contributed by atoms with Crippen molar-refractivity contribution in [1.82, 2.24) is 5.32 Å². The minimum Gasteiger partial charge on any atom is -0.356 e. The maximum absolute atomic E-state index is 11.2. The lowest BCUT2D eigenvalue weighted by molar-refractivity contribution is -0.120. The summed E-state index contributed by atoms with van der Waals surface area (Å²) in [5, 5.41) is 3.46. The van der Waals surface area contributed by atoms with Gasteiger partial charge >= 0.3 is 0 Å². The zero-order valence-corrected chi connectivity index (χ0v) is 11.9. The van der Waals surface area contributed by atoms with Gasteiger partial charge in [-0.25, -0.2) is 0 Å². The van der Waals surface area contributed by atoms with E-state index in [0.717, 1.165) is 6.42 Å². The van der Waals surface area contributed by atoms with Gasteiger partial charge in [0.05, 0.1) is 0 Å². The van der Waals surface area contributed by atoms with Crippen molar-refractivity contribution >= 4 is 17.7 Å². The van der Waals surface area contributed by atoms with E-state index in [2.05, 4.69) is 43.4 Å². The molecule has 0 spiro atoms. The highest BCUT2D eigenvalue weighted by Crippen LogP contribution is 2.22. The number of nitrogens with two attached hydrogens (primary N) is 1. The van der Waals surface area contributed by atoms with Crippen LogP contribution in [0.15, 0.2) is 29.2 Å². The predicted molar refractivity (Wildman–Crippen MR) is 77.8 cm³/mol. The summed E-state index contributed by atoms with van der Waals surface area (Å²) in [7, 11) is 0. The summed E-state index contributed by atoms with van der Waals surface area (Å²) in [6, 6.07) is 8.53. The van der Waals surface area contributed by atoms with Crippen LogP contribution in [0.2, 0.25) is 0 Å². The molecule has 0 unspecified atom stereocenters. The largest absolute Gasteiger partial charge is 0.356 e. The molecule has 0 saturated carbocycles. The molecule has 18 heavy (non-hydrogen) atoms. The van der Waals surface area contributed by atoms with Gasteiger partial charge in [-0.15, -0.1) is 11.8 Å². The predicted octanol–water partition coefficient (Wildman–Crippen LogP) is 2.19. The van der Waals surface area contributed by atoms with Crippen molar-refractivity contribution < 1.29 is 4.79 Å². The van der Waals surface area contributed by atoms with Crippen LogP contribution in [0, 0.1) is 0 Å². The zero-order valence-electron chi connectivity index (χ0n) is 11.1. The fraction of sp³-hybridized carbons (Fsp3) is 0.500. The Kier molecular flexibility index (Phi) is 6.83. The summed E-state index contributed by atoms with van der Waals surface area (Å²) >= 11 is 1.86. The second-order valence-corrected chi connectivity index (χ2v) is 6.10. The molecule has 0 aliphatic rings. The van der Waals surface area contributed by atoms with Gasteiger partial charge in [-0.2, -0.15) is 0 Å². The van der Waals surface area contributed by atoms with E-state index < -0.39 is 0 Å². The van der Waals surface area contributed by atoms with Crippen LogP contribution in [-0.4, -0.2) is 24.2 Å². The van der Waals surface area contributed by atoms with E-state index in [0.29, 0.717) is 24.8 Å². The molecule has 0 bridgehead atoms. The number of rotatable bonds is 7. The van der Waals surface area contributed by atoms with Crippen LogP contribution in [0.5, 0.6) is 0 Å². The number of carbonyl (C=O) groups is 1. The molecule has 0 aromatic heterocycles. The Hall–Kier alpha value is -1.00. The first-order valence-electron chi connectivity index (χ1n) is 6.34. The number of benzene rings is 1. The number of hydrogen-bond acceptors (Lipinski definition) is 3. The van der Waals surface area contributed by atoms with Crippen molar-refractivity contribution in [3.8, 4) is 0 Å². The third-order valence-electron chi connectivity index (χ3n) is 2.40. The van der Waals surface area contributed by atoms with Crippen molar-refractivity contribution in [2.24, 2.45) is 5.73 Å². The standard InChI is InChI=1S/C14H22N2OS/c1-11(2)18-13-5-3-12(4-6-13)8-10-16-14(17)7-9-15/h3-6,11H,7-10,15H2,1-2H3,(H,16,17). The highest BCUT2D eigenvalue weighted by molar-refractivity contribution is 7.99. The molecule has 0 radical (unpaired) electrons. The molecule has 3 N–H and O–H groups in total. The van der Waals surface area contributed by atoms with Gasteiger partial charge in [0.25, 0.3) is 0 Å². The molecule has 1 rings (SSSR count). The van der Waals surface area contributed by atoms with Gasteiger partial charge in [0.2, 0.25) is 5.91 Å². The Morgan fingerprint density at radius 3 is 2.56 bits per heavy atom. The minimum absolute atomic E-state index is 0.0319. The van der Waals surface area contributed by atoms with Crippen LogP contribution < -0.4 is 11.1 Å². The van der Waals surface area contributed by atoms with Gasteiger partial charge in [0.15, 0.2) is 0 Å². The lowest BCUT2D eigenvalue weighted by Gasteiger charge is -2.07. The molecule has 1 aromatic carbocycles. The highest BCUT2D eigenvalue weighted by atomic mass is 32.2. The number of carbonyl (C=O) groups excluding carboxylic acids is 1. The lowest BCUT2D eigenvalue weighted by atomic mass is 10.1. The molecular weight excluding hydrogens is 244 g/mol. The first-order valence-corrected chi connectivity index (χ1v) is 7.22. The molecule has 0 aliphatic heterocycles. The van der Waals surface area contributed by atoms with E-state index in [1.54, 1.807) is 0 Å². The summed E-state index contributed by atoms with van der Waals surface area (Å²) in [4.78, 5) is 12.5. The Balaban J connectivity index is 2.33. The van der Waals surface area contributed by atoms with Gasteiger partial charge < -0.3 is 11.1 Å². The molecule has 0 fully saturated rings. The van der Waals surface area contributed by atoms with E-state index in [-0.39, 0.29) is 5.91 Å². The van der Waals surface area contributed by atoms with Crippen molar-refractivity contribution in [1.29, 1.82) is 0 Å². The molecule has 0 atom stereocenters. The molecule has 0 aliphatic carbocycles. The van der Waals surface area contributed by atoms with E-state index in [9.17, 15) is 4.79 Å². The second-order valence-electron chi connectivity index (χ2n) is 4.45. The highest BCUT2D eigenvalue weighted by Gasteiger charge is 2.00. The second kappa shape index (κ2) is 8.16. The Morgan fingerprint density at radius 1 is 1.33 bits per heavy atom. The summed E-state index contributed by atoms with van der Waals surface area (Å²) in [6.45, 7) is 5.46. The summed E-state index contributed by atoms with van der Waals surface area (Å²) < 4.78 is 0. The zero-order chi connectivity index (χ0) is 13.4. The maximum atomic E-state index is 11.2. The van der Waals surface area contributed by atoms with E-state index in [1.165, 1.54) is 10.5 Å². The first-order chi connectivity index (χ1) is 8.61. The van der Waals surface area contributed by atoms with Crippen LogP contribution in [-0.2, 0) is 11.2 Å². The molecule has 0 heterocycles. The topological polar surface area (TPSA) is 55.1 Å². The van der Waals surface area contributed by atoms with Gasteiger partial charge in [0, 0.05) is 29.7 Å². The van der Waals surface area contributed by atoms with Crippen LogP contribution in [0.25, 0.3) is 0 Å². The Morgan fingerprint density at radius 2 is 2.00 bits per heavy atom. The molecule has 3 nitrogen and oxygen atoms in total. The van der Waals surface area contributed by atoms with Gasteiger partial charge in [-0.05, 0) is 24.1 Å². The van der Waals surface area contributed by atoms with Crippen LogP contribution in [0.4, 0.5) is 0 Å². The van der Waals surface area contributed by atoms with Crippen LogP contribution in [0.3, 0.4) is 0 Å². The fourth-order valence-corrected chi connectivity index (χ4v) is 2.41.